The van der Waals surface area contributed by atoms with Gasteiger partial charge in [0.05, 0.1) is 21.8 Å². The van der Waals surface area contributed by atoms with Crippen molar-refractivity contribution in [3.63, 3.8) is 0 Å². The summed E-state index contributed by atoms with van der Waals surface area (Å²) in [5.41, 5.74) is -1.11. The molecule has 0 fully saturated rings. The average molecular weight is 449 g/mol. The Morgan fingerprint density at radius 1 is 1.07 bits per heavy atom. The van der Waals surface area contributed by atoms with Crippen LogP contribution in [-0.2, 0) is 11.0 Å². The van der Waals surface area contributed by atoms with Crippen molar-refractivity contribution in [1.82, 2.24) is 5.32 Å². The van der Waals surface area contributed by atoms with Crippen molar-refractivity contribution in [2.24, 2.45) is 5.92 Å². The maximum absolute atomic E-state index is 12.7. The minimum atomic E-state index is -4.57. The molecule has 5 nitrogen and oxygen atoms in total. The van der Waals surface area contributed by atoms with Gasteiger partial charge in [0, 0.05) is 5.02 Å². The van der Waals surface area contributed by atoms with Crippen LogP contribution in [0.3, 0.4) is 0 Å². The summed E-state index contributed by atoms with van der Waals surface area (Å²) in [6, 6.07) is 5.34. The highest BCUT2D eigenvalue weighted by Crippen LogP contribution is 2.34. The topological polar surface area (TPSA) is 78.4 Å². The van der Waals surface area contributed by atoms with Crippen LogP contribution >= 0.6 is 23.2 Å². The van der Waals surface area contributed by atoms with E-state index in [0.717, 1.165) is 12.1 Å². The molecule has 0 spiro atoms. The van der Waals surface area contributed by atoms with Crippen molar-refractivity contribution in [2.45, 2.75) is 26.1 Å². The summed E-state index contributed by atoms with van der Waals surface area (Å²) in [5, 5.41) is 14.6. The normalized spacial score (nSPS) is 12.6. The number of carbonyl (C=O) groups is 2. The molecule has 10 heteroatoms. The van der Waals surface area contributed by atoms with Gasteiger partial charge in [-0.05, 0) is 42.3 Å². The second kappa shape index (κ2) is 8.92. The lowest BCUT2D eigenvalue weighted by Gasteiger charge is -2.22. The molecular formula is C19H17Cl2F3N2O3. The van der Waals surface area contributed by atoms with Crippen molar-refractivity contribution in [1.29, 1.82) is 0 Å². The first-order valence-electron chi connectivity index (χ1n) is 8.37. The van der Waals surface area contributed by atoms with Gasteiger partial charge in [0.15, 0.2) is 0 Å². The molecule has 2 rings (SSSR count). The summed E-state index contributed by atoms with van der Waals surface area (Å²) in [5.74, 6) is -2.12. The highest BCUT2D eigenvalue weighted by Gasteiger charge is 2.31. The third-order valence-electron chi connectivity index (χ3n) is 3.99. The number of halogens is 5. The number of anilines is 1. The summed E-state index contributed by atoms with van der Waals surface area (Å²) in [6.45, 7) is 3.33. The predicted molar refractivity (Wildman–Crippen MR) is 104 cm³/mol. The highest BCUT2D eigenvalue weighted by atomic mass is 35.5. The maximum Gasteiger partial charge on any atom is 0.416 e. The molecule has 0 aliphatic rings. The molecule has 29 heavy (non-hydrogen) atoms. The number of phenols is 1. The molecular weight excluding hydrogens is 432 g/mol. The van der Waals surface area contributed by atoms with Crippen LogP contribution in [-0.4, -0.2) is 23.0 Å². The van der Waals surface area contributed by atoms with E-state index < -0.39 is 29.6 Å². The van der Waals surface area contributed by atoms with Crippen LogP contribution in [0.25, 0.3) is 0 Å². The predicted octanol–water partition coefficient (Wildman–Crippen LogP) is 5.11. The van der Waals surface area contributed by atoms with Gasteiger partial charge in [0.2, 0.25) is 5.91 Å². The molecule has 0 aliphatic heterocycles. The van der Waals surface area contributed by atoms with E-state index in [1.165, 1.54) is 18.2 Å². The third-order valence-corrected chi connectivity index (χ3v) is 4.54. The van der Waals surface area contributed by atoms with E-state index in [1.807, 2.05) is 0 Å². The molecule has 0 aromatic heterocycles. The lowest BCUT2D eigenvalue weighted by Crippen LogP contribution is -2.47. The van der Waals surface area contributed by atoms with E-state index in [2.05, 4.69) is 10.6 Å². The zero-order valence-corrected chi connectivity index (χ0v) is 16.8. The van der Waals surface area contributed by atoms with Crippen LogP contribution in [0.4, 0.5) is 18.9 Å². The summed E-state index contributed by atoms with van der Waals surface area (Å²) >= 11 is 11.7. The minimum absolute atomic E-state index is 0.0323. The van der Waals surface area contributed by atoms with E-state index in [-0.39, 0.29) is 33.0 Å². The molecule has 1 atom stereocenters. The van der Waals surface area contributed by atoms with Gasteiger partial charge in [-0.25, -0.2) is 0 Å². The molecule has 2 aromatic carbocycles. The zero-order valence-electron chi connectivity index (χ0n) is 15.3. The van der Waals surface area contributed by atoms with Crippen molar-refractivity contribution < 1.29 is 27.9 Å². The van der Waals surface area contributed by atoms with E-state index in [1.54, 1.807) is 13.8 Å². The van der Waals surface area contributed by atoms with Gasteiger partial charge in [-0.15, -0.1) is 0 Å². The first kappa shape index (κ1) is 22.8. The Labute approximate surface area is 174 Å². The SMILES string of the molecule is CC(C)[C@H](NC(=O)c1cc(Cl)ccc1O)C(=O)Nc1ccc(C(F)(F)F)cc1Cl. The smallest absolute Gasteiger partial charge is 0.416 e. The lowest BCUT2D eigenvalue weighted by molar-refractivity contribution is -0.137. The number of benzene rings is 2. The van der Waals surface area contributed by atoms with Gasteiger partial charge >= 0.3 is 6.18 Å². The third kappa shape index (κ3) is 5.77. The second-order valence-corrected chi connectivity index (χ2v) is 7.38. The van der Waals surface area contributed by atoms with Gasteiger partial charge in [-0.3, -0.25) is 9.59 Å². The lowest BCUT2D eigenvalue weighted by atomic mass is 10.0. The number of carbonyl (C=O) groups excluding carboxylic acids is 2. The van der Waals surface area contributed by atoms with Crippen LogP contribution in [0.1, 0.15) is 29.8 Å². The molecule has 2 amide bonds. The fraction of sp³-hybridized carbons (Fsp3) is 0.263. The first-order chi connectivity index (χ1) is 13.4. The molecule has 0 saturated heterocycles. The number of aromatic hydroxyl groups is 1. The Kier molecular flexibility index (Phi) is 7.02. The Hall–Kier alpha value is -2.45. The Morgan fingerprint density at radius 2 is 1.72 bits per heavy atom. The summed E-state index contributed by atoms with van der Waals surface area (Å²) in [4.78, 5) is 25.1. The molecule has 0 aliphatic carbocycles. The Morgan fingerprint density at radius 3 is 2.28 bits per heavy atom. The van der Waals surface area contributed by atoms with E-state index >= 15 is 0 Å². The number of nitrogens with one attached hydrogen (secondary N) is 2. The molecule has 0 radical (unpaired) electrons. The van der Waals surface area contributed by atoms with Crippen molar-refractivity contribution in [3.8, 4) is 5.75 Å². The number of amides is 2. The Balaban J connectivity index is 2.20. The summed E-state index contributed by atoms with van der Waals surface area (Å²) in [7, 11) is 0. The second-order valence-electron chi connectivity index (χ2n) is 6.54. The number of rotatable bonds is 5. The van der Waals surface area contributed by atoms with E-state index in [9.17, 15) is 27.9 Å². The molecule has 2 aromatic rings. The van der Waals surface area contributed by atoms with Crippen LogP contribution in [0.5, 0.6) is 5.75 Å². The van der Waals surface area contributed by atoms with Crippen LogP contribution < -0.4 is 10.6 Å². The molecule has 0 saturated carbocycles. The summed E-state index contributed by atoms with van der Waals surface area (Å²) < 4.78 is 38.2. The number of phenolic OH excluding ortho intramolecular Hbond substituents is 1. The average Bonchev–Trinajstić information content (AvgIpc) is 2.61. The molecule has 0 unspecified atom stereocenters. The molecule has 0 heterocycles. The van der Waals surface area contributed by atoms with E-state index in [0.29, 0.717) is 6.07 Å². The standard InChI is InChI=1S/C19H17Cl2F3N2O3/c1-9(2)16(26-17(28)12-8-11(20)4-6-15(12)27)18(29)25-14-5-3-10(7-13(14)21)19(22,23)24/h3-9,16,27H,1-2H3,(H,25,29)(H,26,28)/t16-/m0/s1. The zero-order chi connectivity index (χ0) is 21.9. The van der Waals surface area contributed by atoms with Crippen LogP contribution in [0, 0.1) is 5.92 Å². The van der Waals surface area contributed by atoms with Gasteiger partial charge < -0.3 is 15.7 Å². The highest BCUT2D eigenvalue weighted by molar-refractivity contribution is 6.34. The van der Waals surface area contributed by atoms with E-state index in [4.69, 9.17) is 23.2 Å². The van der Waals surface area contributed by atoms with Crippen LogP contribution in [0.15, 0.2) is 36.4 Å². The number of hydrogen-bond donors (Lipinski definition) is 3. The van der Waals surface area contributed by atoms with Crippen molar-refractivity contribution in [2.75, 3.05) is 5.32 Å². The quantitative estimate of drug-likeness (QED) is 0.594. The van der Waals surface area contributed by atoms with Crippen LogP contribution in [0.2, 0.25) is 10.0 Å². The van der Waals surface area contributed by atoms with Crippen molar-refractivity contribution in [3.05, 3.63) is 57.6 Å². The molecule has 3 N–H and O–H groups in total. The number of alkyl halides is 3. The maximum atomic E-state index is 12.7. The fourth-order valence-corrected chi connectivity index (χ4v) is 2.85. The van der Waals surface area contributed by atoms with Gasteiger partial charge in [0.25, 0.3) is 5.91 Å². The monoisotopic (exact) mass is 448 g/mol. The van der Waals surface area contributed by atoms with Gasteiger partial charge in [0.1, 0.15) is 11.8 Å². The largest absolute Gasteiger partial charge is 0.507 e. The van der Waals surface area contributed by atoms with Crippen molar-refractivity contribution >= 4 is 40.7 Å². The first-order valence-corrected chi connectivity index (χ1v) is 9.12. The molecule has 156 valence electrons. The minimum Gasteiger partial charge on any atom is -0.507 e. The fourth-order valence-electron chi connectivity index (χ4n) is 2.45. The molecule has 0 bridgehead atoms. The van der Waals surface area contributed by atoms with Gasteiger partial charge in [-0.2, -0.15) is 13.2 Å². The van der Waals surface area contributed by atoms with Gasteiger partial charge in [-0.1, -0.05) is 37.0 Å². The Bertz CT molecular complexity index is 933. The summed E-state index contributed by atoms with van der Waals surface area (Å²) in [6.07, 6.45) is -4.57. The number of hydrogen-bond acceptors (Lipinski definition) is 3.